The summed E-state index contributed by atoms with van der Waals surface area (Å²) < 4.78 is 6.86. The molecule has 0 amide bonds. The third-order valence-corrected chi connectivity index (χ3v) is 4.94. The minimum absolute atomic E-state index is 0.163. The lowest BCUT2D eigenvalue weighted by Gasteiger charge is -2.12. The summed E-state index contributed by atoms with van der Waals surface area (Å²) in [6, 6.07) is 2.84. The van der Waals surface area contributed by atoms with Crippen LogP contribution in [0, 0.1) is 6.92 Å². The molecule has 118 valence electrons. The van der Waals surface area contributed by atoms with Crippen LogP contribution >= 0.6 is 11.3 Å². The lowest BCUT2D eigenvalue weighted by molar-refractivity contribution is 0.0342. The zero-order valence-corrected chi connectivity index (χ0v) is 14.2. The number of aryl methyl sites for hydroxylation is 2. The number of rotatable bonds is 4. The maximum atomic E-state index is 12.2. The molecule has 5 nitrogen and oxygen atoms in total. The third-order valence-electron chi connectivity index (χ3n) is 3.32. The number of esters is 1. The molecule has 0 unspecified atom stereocenters. The SMILES string of the molecule is Cc1nc(C(C)C)sc1[C@H](C)OC(=O)c1ccc(=O)n(C)c1. The van der Waals surface area contributed by atoms with Crippen LogP contribution in [-0.4, -0.2) is 15.5 Å². The number of ether oxygens (including phenoxy) is 1. The van der Waals surface area contributed by atoms with Gasteiger partial charge in [-0.2, -0.15) is 0 Å². The average Bonchev–Trinajstić information content (AvgIpc) is 2.84. The van der Waals surface area contributed by atoms with Gasteiger partial charge in [0.05, 0.1) is 21.1 Å². The number of pyridine rings is 1. The Bertz CT molecular complexity index is 746. The third kappa shape index (κ3) is 3.44. The number of carbonyl (C=O) groups is 1. The van der Waals surface area contributed by atoms with Gasteiger partial charge in [-0.15, -0.1) is 11.3 Å². The highest BCUT2D eigenvalue weighted by Gasteiger charge is 2.20. The Morgan fingerprint density at radius 1 is 1.32 bits per heavy atom. The van der Waals surface area contributed by atoms with Crippen molar-refractivity contribution >= 4 is 17.3 Å². The lowest BCUT2D eigenvalue weighted by atomic mass is 10.2. The van der Waals surface area contributed by atoms with E-state index in [1.165, 1.54) is 22.9 Å². The summed E-state index contributed by atoms with van der Waals surface area (Å²) >= 11 is 1.57. The molecule has 0 aliphatic carbocycles. The van der Waals surface area contributed by atoms with E-state index < -0.39 is 5.97 Å². The Morgan fingerprint density at radius 3 is 2.55 bits per heavy atom. The van der Waals surface area contributed by atoms with Crippen molar-refractivity contribution in [2.24, 2.45) is 7.05 Å². The molecule has 1 atom stereocenters. The van der Waals surface area contributed by atoms with E-state index in [4.69, 9.17) is 4.74 Å². The predicted octanol–water partition coefficient (Wildman–Crippen LogP) is 3.19. The fourth-order valence-corrected chi connectivity index (χ4v) is 3.10. The van der Waals surface area contributed by atoms with Crippen LogP contribution in [0.15, 0.2) is 23.1 Å². The molecular weight excluding hydrogens is 300 g/mol. The van der Waals surface area contributed by atoms with Gasteiger partial charge in [0.25, 0.3) is 0 Å². The van der Waals surface area contributed by atoms with Gasteiger partial charge in [-0.1, -0.05) is 13.8 Å². The first-order valence-electron chi connectivity index (χ1n) is 7.14. The first kappa shape index (κ1) is 16.4. The summed E-state index contributed by atoms with van der Waals surface area (Å²) in [5.74, 6) is -0.0917. The van der Waals surface area contributed by atoms with E-state index in [0.717, 1.165) is 15.6 Å². The summed E-state index contributed by atoms with van der Waals surface area (Å²) in [6.45, 7) is 7.94. The van der Waals surface area contributed by atoms with Gasteiger partial charge in [-0.3, -0.25) is 4.79 Å². The number of hydrogen-bond acceptors (Lipinski definition) is 5. The molecule has 0 saturated heterocycles. The second-order valence-corrected chi connectivity index (χ2v) is 6.63. The van der Waals surface area contributed by atoms with Crippen LogP contribution in [0.4, 0.5) is 0 Å². The molecule has 2 aromatic heterocycles. The van der Waals surface area contributed by atoms with Crippen LogP contribution in [0.25, 0.3) is 0 Å². The summed E-state index contributed by atoms with van der Waals surface area (Å²) in [5.41, 5.74) is 1.10. The Hall–Kier alpha value is -1.95. The number of carbonyl (C=O) groups excluding carboxylic acids is 1. The highest BCUT2D eigenvalue weighted by atomic mass is 32.1. The molecule has 0 N–H and O–H groups in total. The Kier molecular flexibility index (Phi) is 4.81. The molecular formula is C16H20N2O3S. The van der Waals surface area contributed by atoms with Crippen molar-refractivity contribution in [2.75, 3.05) is 0 Å². The largest absolute Gasteiger partial charge is 0.453 e. The average molecular weight is 320 g/mol. The topological polar surface area (TPSA) is 61.2 Å². The van der Waals surface area contributed by atoms with Gasteiger partial charge in [0, 0.05) is 25.2 Å². The van der Waals surface area contributed by atoms with Crippen molar-refractivity contribution in [3.63, 3.8) is 0 Å². The second-order valence-electron chi connectivity index (χ2n) is 5.57. The zero-order chi connectivity index (χ0) is 16.4. The molecule has 22 heavy (non-hydrogen) atoms. The van der Waals surface area contributed by atoms with Crippen molar-refractivity contribution in [1.82, 2.24) is 9.55 Å². The molecule has 2 aromatic rings. The van der Waals surface area contributed by atoms with Crippen molar-refractivity contribution in [2.45, 2.75) is 39.7 Å². The van der Waals surface area contributed by atoms with E-state index in [9.17, 15) is 9.59 Å². The smallest absolute Gasteiger partial charge is 0.340 e. The quantitative estimate of drug-likeness (QED) is 0.812. The summed E-state index contributed by atoms with van der Waals surface area (Å²) in [5, 5.41) is 1.04. The van der Waals surface area contributed by atoms with Crippen LogP contribution in [0.2, 0.25) is 0 Å². The summed E-state index contributed by atoms with van der Waals surface area (Å²) in [6.07, 6.45) is 1.12. The number of hydrogen-bond donors (Lipinski definition) is 0. The first-order chi connectivity index (χ1) is 10.3. The molecule has 0 radical (unpaired) electrons. The fourth-order valence-electron chi connectivity index (χ4n) is 2.05. The molecule has 2 heterocycles. The van der Waals surface area contributed by atoms with Gasteiger partial charge in [0.1, 0.15) is 6.10 Å². The summed E-state index contributed by atoms with van der Waals surface area (Å²) in [7, 11) is 1.60. The highest BCUT2D eigenvalue weighted by molar-refractivity contribution is 7.11. The number of thiazole rings is 1. The van der Waals surface area contributed by atoms with Crippen molar-refractivity contribution in [3.8, 4) is 0 Å². The summed E-state index contributed by atoms with van der Waals surface area (Å²) in [4.78, 5) is 29.0. The minimum atomic E-state index is -0.443. The highest BCUT2D eigenvalue weighted by Crippen LogP contribution is 2.31. The standard InChI is InChI=1S/C16H20N2O3S/c1-9(2)15-17-10(3)14(22-15)11(4)21-16(20)12-6-7-13(19)18(5)8-12/h6-9,11H,1-5H3/t11-/m0/s1. The number of nitrogens with zero attached hydrogens (tertiary/aromatic N) is 2. The van der Waals surface area contributed by atoms with E-state index in [1.54, 1.807) is 18.4 Å². The molecule has 0 aliphatic rings. The monoisotopic (exact) mass is 320 g/mol. The number of aromatic nitrogens is 2. The van der Waals surface area contributed by atoms with Crippen LogP contribution < -0.4 is 5.56 Å². The molecule has 0 aliphatic heterocycles. The van der Waals surface area contributed by atoms with E-state index >= 15 is 0 Å². The van der Waals surface area contributed by atoms with Gasteiger partial charge in [-0.05, 0) is 19.9 Å². The molecule has 0 saturated carbocycles. The molecule has 6 heteroatoms. The molecule has 0 spiro atoms. The molecule has 0 fully saturated rings. The Balaban J connectivity index is 2.17. The predicted molar refractivity (Wildman–Crippen MR) is 86.5 cm³/mol. The zero-order valence-electron chi connectivity index (χ0n) is 13.4. The van der Waals surface area contributed by atoms with Gasteiger partial charge in [0.15, 0.2) is 0 Å². The molecule has 0 bridgehead atoms. The maximum absolute atomic E-state index is 12.2. The van der Waals surface area contributed by atoms with E-state index in [2.05, 4.69) is 18.8 Å². The molecule has 0 aromatic carbocycles. The van der Waals surface area contributed by atoms with Gasteiger partial charge in [0.2, 0.25) is 5.56 Å². The Labute approximate surface area is 133 Å². The Morgan fingerprint density at radius 2 is 2.00 bits per heavy atom. The fraction of sp³-hybridized carbons (Fsp3) is 0.438. The van der Waals surface area contributed by atoms with Crippen LogP contribution in [0.3, 0.4) is 0 Å². The van der Waals surface area contributed by atoms with E-state index in [-0.39, 0.29) is 11.7 Å². The minimum Gasteiger partial charge on any atom is -0.453 e. The molecule has 2 rings (SSSR count). The van der Waals surface area contributed by atoms with Gasteiger partial charge < -0.3 is 9.30 Å². The lowest BCUT2D eigenvalue weighted by Crippen LogP contribution is -2.18. The van der Waals surface area contributed by atoms with E-state index in [1.807, 2.05) is 13.8 Å². The maximum Gasteiger partial charge on any atom is 0.340 e. The van der Waals surface area contributed by atoms with Gasteiger partial charge >= 0.3 is 5.97 Å². The van der Waals surface area contributed by atoms with Crippen molar-refractivity contribution < 1.29 is 9.53 Å². The van der Waals surface area contributed by atoms with Crippen LogP contribution in [0.1, 0.15) is 58.7 Å². The second kappa shape index (κ2) is 6.44. The van der Waals surface area contributed by atoms with Crippen molar-refractivity contribution in [3.05, 3.63) is 49.8 Å². The van der Waals surface area contributed by atoms with Gasteiger partial charge in [-0.25, -0.2) is 9.78 Å². The normalized spacial score (nSPS) is 12.5. The first-order valence-corrected chi connectivity index (χ1v) is 7.96. The van der Waals surface area contributed by atoms with E-state index in [0.29, 0.717) is 11.5 Å². The van der Waals surface area contributed by atoms with Crippen molar-refractivity contribution in [1.29, 1.82) is 0 Å². The van der Waals surface area contributed by atoms with Crippen LogP contribution in [-0.2, 0) is 11.8 Å². The van der Waals surface area contributed by atoms with Crippen LogP contribution in [0.5, 0.6) is 0 Å².